The molecule has 0 saturated carbocycles. The predicted octanol–water partition coefficient (Wildman–Crippen LogP) is 2.87. The molecule has 0 N–H and O–H groups in total. The number of nitrogens with zero attached hydrogens (tertiary/aromatic N) is 1. The van der Waals surface area contributed by atoms with Crippen molar-refractivity contribution in [1.82, 2.24) is 4.98 Å². The molecule has 0 amide bonds. The van der Waals surface area contributed by atoms with Crippen LogP contribution < -0.4 is 0 Å². The average Bonchev–Trinajstić information content (AvgIpc) is 2.03. The van der Waals surface area contributed by atoms with Gasteiger partial charge >= 0.3 is 6.98 Å². The lowest BCUT2D eigenvalue weighted by Gasteiger charge is -2.10. The Morgan fingerprint density at radius 3 is 2.31 bits per heavy atom. The lowest BCUT2D eigenvalue weighted by Crippen LogP contribution is -2.10. The molecule has 1 aromatic heterocycles. The van der Waals surface area contributed by atoms with E-state index in [4.69, 9.17) is 0 Å². The van der Waals surface area contributed by atoms with Crippen LogP contribution in [0, 0.1) is 0 Å². The Balaban J connectivity index is 2.92. The molecule has 0 aliphatic carbocycles. The lowest BCUT2D eigenvalue weighted by atomic mass is 9.87. The summed E-state index contributed by atoms with van der Waals surface area (Å²) in [6.45, 7) is -3.42. The molecule has 0 aliphatic heterocycles. The summed E-state index contributed by atoms with van der Waals surface area (Å²) in [4.78, 5) is 3.72. The van der Waals surface area contributed by atoms with Crippen molar-refractivity contribution in [3.05, 3.63) is 36.1 Å². The molecular weight excluding hydrogens is 178 g/mol. The van der Waals surface area contributed by atoms with Gasteiger partial charge < -0.3 is 12.9 Å². The van der Waals surface area contributed by atoms with E-state index in [2.05, 4.69) is 4.98 Å². The van der Waals surface area contributed by atoms with Gasteiger partial charge in [0, 0.05) is 12.4 Å². The lowest BCUT2D eigenvalue weighted by molar-refractivity contribution is 0.499. The number of allylic oxidation sites excluding steroid dienone is 1. The van der Waals surface area contributed by atoms with Crippen molar-refractivity contribution >= 4 is 12.6 Å². The van der Waals surface area contributed by atoms with Crippen LogP contribution >= 0.6 is 0 Å². The number of hydrogen-bond donors (Lipinski definition) is 0. The molecule has 1 aromatic rings. The van der Waals surface area contributed by atoms with E-state index < -0.39 is 6.98 Å². The molecule has 70 valence electrons. The van der Waals surface area contributed by atoms with Crippen molar-refractivity contribution in [2.45, 2.75) is 6.92 Å². The molecule has 0 atom stereocenters. The molecule has 1 heterocycles. The first-order valence-corrected chi connectivity index (χ1v) is 3.79. The van der Waals surface area contributed by atoms with E-state index in [1.54, 1.807) is 12.1 Å². The Morgan fingerprint density at radius 1 is 1.31 bits per heavy atom. The fourth-order valence-electron chi connectivity index (χ4n) is 0.995. The highest BCUT2D eigenvalue weighted by atomic mass is 19.4. The van der Waals surface area contributed by atoms with Gasteiger partial charge in [-0.25, -0.2) is 0 Å². The molecule has 0 fully saturated rings. The van der Waals surface area contributed by atoms with Gasteiger partial charge in [-0.3, -0.25) is 4.98 Å². The summed E-state index contributed by atoms with van der Waals surface area (Å²) in [6, 6.07) is 3.10. The second kappa shape index (κ2) is 3.64. The van der Waals surface area contributed by atoms with E-state index >= 15 is 0 Å². The highest BCUT2D eigenvalue weighted by Gasteiger charge is 2.18. The van der Waals surface area contributed by atoms with Gasteiger partial charge in [0.05, 0.1) is 0 Å². The van der Waals surface area contributed by atoms with Crippen molar-refractivity contribution in [2.75, 3.05) is 0 Å². The van der Waals surface area contributed by atoms with Gasteiger partial charge in [0.2, 0.25) is 0 Å². The third-order valence-electron chi connectivity index (χ3n) is 1.57. The monoisotopic (exact) mass is 186 g/mol. The fourth-order valence-corrected chi connectivity index (χ4v) is 0.995. The zero-order chi connectivity index (χ0) is 9.90. The molecule has 1 rings (SSSR count). The number of rotatable bonds is 2. The molecule has 0 aromatic carbocycles. The molecule has 0 saturated heterocycles. The third kappa shape index (κ3) is 3.31. The highest BCUT2D eigenvalue weighted by Crippen LogP contribution is 2.19. The SMILES string of the molecule is C/C(=C\[B-](F)(F)F)c1ccncc1. The quantitative estimate of drug-likeness (QED) is 0.647. The van der Waals surface area contributed by atoms with Crippen LogP contribution in [0.5, 0.6) is 0 Å². The highest BCUT2D eigenvalue weighted by molar-refractivity contribution is 6.65. The van der Waals surface area contributed by atoms with E-state index in [0.29, 0.717) is 11.5 Å². The standard InChI is InChI=1S/C8H8BF3N/c1-7(6-9(10,11)12)8-2-4-13-5-3-8/h2-6H,1H3/q-1/b7-6+. The van der Waals surface area contributed by atoms with E-state index in [1.165, 1.54) is 19.3 Å². The first-order chi connectivity index (χ1) is 5.99. The van der Waals surface area contributed by atoms with Crippen LogP contribution in [0.3, 0.4) is 0 Å². The molecular formula is C8H8BF3N-. The van der Waals surface area contributed by atoms with Crippen LogP contribution in [0.1, 0.15) is 12.5 Å². The maximum Gasteiger partial charge on any atom is 0.502 e. The van der Waals surface area contributed by atoms with Crippen molar-refractivity contribution in [3.8, 4) is 0 Å². The predicted molar refractivity (Wildman–Crippen MR) is 47.0 cm³/mol. The Kier molecular flexibility index (Phi) is 2.75. The van der Waals surface area contributed by atoms with Crippen LogP contribution in [0.25, 0.3) is 5.57 Å². The van der Waals surface area contributed by atoms with Gasteiger partial charge in [-0.2, -0.15) is 0 Å². The molecule has 0 spiro atoms. The minimum absolute atomic E-state index is 0.218. The Labute approximate surface area is 74.4 Å². The summed E-state index contributed by atoms with van der Waals surface area (Å²) in [5, 5.41) is 0. The van der Waals surface area contributed by atoms with E-state index in [-0.39, 0.29) is 5.57 Å². The van der Waals surface area contributed by atoms with Crippen LogP contribution in [0.4, 0.5) is 12.9 Å². The molecule has 0 bridgehead atoms. The average molecular weight is 186 g/mol. The summed E-state index contributed by atoms with van der Waals surface area (Å²) in [5.41, 5.74) is 0.768. The molecule has 1 nitrogen and oxygen atoms in total. The van der Waals surface area contributed by atoms with E-state index in [9.17, 15) is 12.9 Å². The number of pyridine rings is 1. The topological polar surface area (TPSA) is 12.9 Å². The summed E-state index contributed by atoms with van der Waals surface area (Å²) in [5.74, 6) is 0.343. The second-order valence-electron chi connectivity index (χ2n) is 2.71. The van der Waals surface area contributed by atoms with Gasteiger partial charge in [-0.1, -0.05) is 5.57 Å². The van der Waals surface area contributed by atoms with Crippen LogP contribution in [0.15, 0.2) is 30.5 Å². The largest absolute Gasteiger partial charge is 0.502 e. The number of aromatic nitrogens is 1. The van der Waals surface area contributed by atoms with Gasteiger partial charge in [0.15, 0.2) is 0 Å². The molecule has 5 heteroatoms. The van der Waals surface area contributed by atoms with Crippen molar-refractivity contribution in [1.29, 1.82) is 0 Å². The normalized spacial score (nSPS) is 13.1. The summed E-state index contributed by atoms with van der Waals surface area (Å²) in [7, 11) is 0. The summed E-state index contributed by atoms with van der Waals surface area (Å²) < 4.78 is 35.9. The zero-order valence-corrected chi connectivity index (χ0v) is 7.05. The third-order valence-corrected chi connectivity index (χ3v) is 1.57. The number of halogens is 3. The van der Waals surface area contributed by atoms with Crippen LogP contribution in [0.2, 0.25) is 0 Å². The minimum atomic E-state index is -4.85. The Morgan fingerprint density at radius 2 is 1.85 bits per heavy atom. The molecule has 13 heavy (non-hydrogen) atoms. The second-order valence-corrected chi connectivity index (χ2v) is 2.71. The fraction of sp³-hybridized carbons (Fsp3) is 0.125. The van der Waals surface area contributed by atoms with Crippen LogP contribution in [-0.2, 0) is 0 Å². The van der Waals surface area contributed by atoms with Gasteiger partial charge in [-0.05, 0) is 24.6 Å². The van der Waals surface area contributed by atoms with Crippen LogP contribution in [-0.4, -0.2) is 12.0 Å². The summed E-state index contributed by atoms with van der Waals surface area (Å²) in [6.07, 6.45) is 2.94. The first kappa shape index (κ1) is 9.83. The number of hydrogen-bond acceptors (Lipinski definition) is 1. The van der Waals surface area contributed by atoms with Crippen molar-refractivity contribution in [3.63, 3.8) is 0 Å². The minimum Gasteiger partial charge on any atom is -0.445 e. The van der Waals surface area contributed by atoms with E-state index in [0.717, 1.165) is 0 Å². The zero-order valence-electron chi connectivity index (χ0n) is 7.05. The first-order valence-electron chi connectivity index (χ1n) is 3.79. The molecule has 0 radical (unpaired) electrons. The molecule has 0 aliphatic rings. The van der Waals surface area contributed by atoms with Gasteiger partial charge in [-0.15, -0.1) is 5.98 Å². The molecule has 0 unspecified atom stereocenters. The summed E-state index contributed by atoms with van der Waals surface area (Å²) >= 11 is 0. The smallest absolute Gasteiger partial charge is 0.445 e. The maximum absolute atomic E-state index is 12.0. The van der Waals surface area contributed by atoms with Gasteiger partial charge in [0.25, 0.3) is 0 Å². The maximum atomic E-state index is 12.0. The van der Waals surface area contributed by atoms with E-state index in [1.807, 2.05) is 0 Å². The Bertz CT molecular complexity index is 305. The van der Waals surface area contributed by atoms with Crippen molar-refractivity contribution in [2.24, 2.45) is 0 Å². The van der Waals surface area contributed by atoms with Crippen molar-refractivity contribution < 1.29 is 12.9 Å². The Hall–Kier alpha value is -1.26. The van der Waals surface area contributed by atoms with Gasteiger partial charge in [0.1, 0.15) is 0 Å².